The first-order valence-corrected chi connectivity index (χ1v) is 5.10. The standard InChI is InChI=1S/C12H16O4/c1-14-10-5-3-6-11(9-10)16-8-4-7-12(13)15-2/h3,5-6,9H,4,7-8H2,1-2H3. The molecule has 0 N–H and O–H groups in total. The Bertz CT molecular complexity index is 336. The van der Waals surface area contributed by atoms with E-state index in [1.807, 2.05) is 18.2 Å². The normalized spacial score (nSPS) is 9.62. The quantitative estimate of drug-likeness (QED) is 0.548. The fourth-order valence-electron chi connectivity index (χ4n) is 1.20. The van der Waals surface area contributed by atoms with Crippen LogP contribution in [-0.2, 0) is 9.53 Å². The van der Waals surface area contributed by atoms with Gasteiger partial charge in [-0.05, 0) is 18.6 Å². The molecule has 0 heterocycles. The van der Waals surface area contributed by atoms with Crippen molar-refractivity contribution in [2.45, 2.75) is 12.8 Å². The fourth-order valence-corrected chi connectivity index (χ4v) is 1.20. The van der Waals surface area contributed by atoms with Gasteiger partial charge in [0, 0.05) is 12.5 Å². The van der Waals surface area contributed by atoms with Crippen LogP contribution >= 0.6 is 0 Å². The lowest BCUT2D eigenvalue weighted by molar-refractivity contribution is -0.140. The van der Waals surface area contributed by atoms with Crippen LogP contribution in [0.3, 0.4) is 0 Å². The summed E-state index contributed by atoms with van der Waals surface area (Å²) in [4.78, 5) is 10.8. The minimum Gasteiger partial charge on any atom is -0.497 e. The molecular formula is C12H16O4. The average Bonchev–Trinajstić information content (AvgIpc) is 2.34. The van der Waals surface area contributed by atoms with Gasteiger partial charge in [0.1, 0.15) is 11.5 Å². The van der Waals surface area contributed by atoms with Crippen molar-refractivity contribution in [2.24, 2.45) is 0 Å². The molecule has 0 aliphatic heterocycles. The van der Waals surface area contributed by atoms with E-state index in [0.29, 0.717) is 19.4 Å². The van der Waals surface area contributed by atoms with Crippen molar-refractivity contribution >= 4 is 5.97 Å². The van der Waals surface area contributed by atoms with E-state index in [2.05, 4.69) is 4.74 Å². The summed E-state index contributed by atoms with van der Waals surface area (Å²) in [6.07, 6.45) is 1.02. The van der Waals surface area contributed by atoms with E-state index in [1.165, 1.54) is 7.11 Å². The molecule has 0 saturated heterocycles. The molecule has 0 aliphatic carbocycles. The van der Waals surface area contributed by atoms with Gasteiger partial charge in [-0.3, -0.25) is 4.79 Å². The van der Waals surface area contributed by atoms with Gasteiger partial charge in [0.15, 0.2) is 0 Å². The first-order valence-electron chi connectivity index (χ1n) is 5.10. The number of methoxy groups -OCH3 is 2. The molecule has 0 fully saturated rings. The smallest absolute Gasteiger partial charge is 0.305 e. The van der Waals surface area contributed by atoms with Crippen LogP contribution in [0.4, 0.5) is 0 Å². The first-order chi connectivity index (χ1) is 7.76. The van der Waals surface area contributed by atoms with Crippen molar-refractivity contribution in [1.82, 2.24) is 0 Å². The zero-order valence-corrected chi connectivity index (χ0v) is 9.56. The number of hydrogen-bond acceptors (Lipinski definition) is 4. The summed E-state index contributed by atoms with van der Waals surface area (Å²) in [5.74, 6) is 1.28. The van der Waals surface area contributed by atoms with E-state index >= 15 is 0 Å². The van der Waals surface area contributed by atoms with Gasteiger partial charge in [-0.1, -0.05) is 6.07 Å². The lowest BCUT2D eigenvalue weighted by atomic mass is 10.3. The predicted octanol–water partition coefficient (Wildman–Crippen LogP) is 2.03. The average molecular weight is 224 g/mol. The van der Waals surface area contributed by atoms with Gasteiger partial charge in [0.25, 0.3) is 0 Å². The molecule has 0 saturated carbocycles. The van der Waals surface area contributed by atoms with Gasteiger partial charge in [0.2, 0.25) is 0 Å². The molecule has 0 amide bonds. The van der Waals surface area contributed by atoms with E-state index in [-0.39, 0.29) is 5.97 Å². The van der Waals surface area contributed by atoms with Gasteiger partial charge >= 0.3 is 5.97 Å². The van der Waals surface area contributed by atoms with E-state index in [9.17, 15) is 4.79 Å². The summed E-state index contributed by atoms with van der Waals surface area (Å²) in [5.41, 5.74) is 0. The third-order valence-corrected chi connectivity index (χ3v) is 2.06. The van der Waals surface area contributed by atoms with Crippen LogP contribution in [0.25, 0.3) is 0 Å². The fraction of sp³-hybridized carbons (Fsp3) is 0.417. The number of benzene rings is 1. The van der Waals surface area contributed by atoms with Crippen LogP contribution in [0.1, 0.15) is 12.8 Å². The lowest BCUT2D eigenvalue weighted by Gasteiger charge is -2.06. The summed E-state index contributed by atoms with van der Waals surface area (Å²) in [6.45, 7) is 0.488. The maximum absolute atomic E-state index is 10.8. The number of rotatable bonds is 6. The Hall–Kier alpha value is -1.71. The predicted molar refractivity (Wildman–Crippen MR) is 59.7 cm³/mol. The summed E-state index contributed by atoms with van der Waals surface area (Å²) >= 11 is 0. The summed E-state index contributed by atoms with van der Waals surface area (Å²) < 4.78 is 15.0. The highest BCUT2D eigenvalue weighted by molar-refractivity contribution is 5.69. The summed E-state index contributed by atoms with van der Waals surface area (Å²) in [7, 11) is 2.99. The molecule has 1 aromatic rings. The lowest BCUT2D eigenvalue weighted by Crippen LogP contribution is -2.04. The number of hydrogen-bond donors (Lipinski definition) is 0. The van der Waals surface area contributed by atoms with Gasteiger partial charge in [-0.2, -0.15) is 0 Å². The van der Waals surface area contributed by atoms with Crippen molar-refractivity contribution in [3.05, 3.63) is 24.3 Å². The van der Waals surface area contributed by atoms with E-state index in [0.717, 1.165) is 11.5 Å². The molecule has 0 aliphatic rings. The van der Waals surface area contributed by atoms with Gasteiger partial charge in [0.05, 0.1) is 20.8 Å². The molecule has 1 aromatic carbocycles. The summed E-state index contributed by atoms with van der Waals surface area (Å²) in [6, 6.07) is 7.36. The van der Waals surface area contributed by atoms with Crippen LogP contribution in [0.15, 0.2) is 24.3 Å². The third-order valence-electron chi connectivity index (χ3n) is 2.06. The Kier molecular flexibility index (Phi) is 5.19. The van der Waals surface area contributed by atoms with Crippen molar-refractivity contribution in [2.75, 3.05) is 20.8 Å². The topological polar surface area (TPSA) is 44.8 Å². The number of carbonyl (C=O) groups is 1. The van der Waals surface area contributed by atoms with Crippen LogP contribution in [0.5, 0.6) is 11.5 Å². The molecule has 1 rings (SSSR count). The molecule has 0 spiro atoms. The maximum Gasteiger partial charge on any atom is 0.305 e. The highest BCUT2D eigenvalue weighted by Crippen LogP contribution is 2.18. The largest absolute Gasteiger partial charge is 0.497 e. The number of esters is 1. The summed E-state index contributed by atoms with van der Waals surface area (Å²) in [5, 5.41) is 0. The van der Waals surface area contributed by atoms with Crippen molar-refractivity contribution in [3.8, 4) is 11.5 Å². The van der Waals surface area contributed by atoms with Crippen LogP contribution < -0.4 is 9.47 Å². The molecule has 4 nitrogen and oxygen atoms in total. The zero-order chi connectivity index (χ0) is 11.8. The Morgan fingerprint density at radius 2 is 2.00 bits per heavy atom. The maximum atomic E-state index is 10.8. The van der Waals surface area contributed by atoms with E-state index in [1.54, 1.807) is 13.2 Å². The number of ether oxygens (including phenoxy) is 3. The molecule has 0 aromatic heterocycles. The third kappa shape index (κ3) is 4.21. The van der Waals surface area contributed by atoms with Gasteiger partial charge in [-0.15, -0.1) is 0 Å². The highest BCUT2D eigenvalue weighted by Gasteiger charge is 2.00. The molecular weight excluding hydrogens is 208 g/mol. The zero-order valence-electron chi connectivity index (χ0n) is 9.56. The second-order valence-electron chi connectivity index (χ2n) is 3.21. The van der Waals surface area contributed by atoms with Crippen molar-refractivity contribution in [3.63, 3.8) is 0 Å². The molecule has 0 bridgehead atoms. The van der Waals surface area contributed by atoms with Crippen LogP contribution in [-0.4, -0.2) is 26.8 Å². The minimum atomic E-state index is -0.214. The van der Waals surface area contributed by atoms with E-state index < -0.39 is 0 Å². The molecule has 4 heteroatoms. The van der Waals surface area contributed by atoms with Crippen LogP contribution in [0.2, 0.25) is 0 Å². The highest BCUT2D eigenvalue weighted by atomic mass is 16.5. The van der Waals surface area contributed by atoms with Gasteiger partial charge in [-0.25, -0.2) is 0 Å². The Labute approximate surface area is 95.1 Å². The second-order valence-corrected chi connectivity index (χ2v) is 3.21. The Morgan fingerprint density at radius 3 is 2.69 bits per heavy atom. The molecule has 0 atom stereocenters. The Balaban J connectivity index is 2.28. The first kappa shape index (κ1) is 12.4. The van der Waals surface area contributed by atoms with Crippen molar-refractivity contribution < 1.29 is 19.0 Å². The molecule has 88 valence electrons. The second kappa shape index (κ2) is 6.71. The van der Waals surface area contributed by atoms with Crippen LogP contribution in [0, 0.1) is 0 Å². The van der Waals surface area contributed by atoms with Gasteiger partial charge < -0.3 is 14.2 Å². The number of carbonyl (C=O) groups excluding carboxylic acids is 1. The molecule has 0 unspecified atom stereocenters. The minimum absolute atomic E-state index is 0.214. The van der Waals surface area contributed by atoms with Crippen molar-refractivity contribution in [1.29, 1.82) is 0 Å². The monoisotopic (exact) mass is 224 g/mol. The SMILES string of the molecule is COC(=O)CCCOc1cccc(OC)c1. The molecule has 0 radical (unpaired) electrons. The Morgan fingerprint density at radius 1 is 1.25 bits per heavy atom. The molecule has 16 heavy (non-hydrogen) atoms. The van der Waals surface area contributed by atoms with E-state index in [4.69, 9.17) is 9.47 Å².